The third kappa shape index (κ3) is 1.46. The van der Waals surface area contributed by atoms with E-state index in [1.165, 1.54) is 17.0 Å². The Morgan fingerprint density at radius 1 is 1.36 bits per heavy atom. The summed E-state index contributed by atoms with van der Waals surface area (Å²) in [5.74, 6) is 0. The van der Waals surface area contributed by atoms with E-state index in [0.29, 0.717) is 0 Å². The number of nitrogens with zero attached hydrogens (tertiary/aromatic N) is 2. The lowest BCUT2D eigenvalue weighted by atomic mass is 10.0. The predicted octanol–water partition coefficient (Wildman–Crippen LogP) is 1.59. The van der Waals surface area contributed by atoms with Gasteiger partial charge in [0.15, 0.2) is 0 Å². The molecule has 0 unspecified atom stereocenters. The molecular formula is C11H19N3. The molecule has 3 heteroatoms. The van der Waals surface area contributed by atoms with E-state index in [-0.39, 0.29) is 5.54 Å². The molecule has 0 aliphatic carbocycles. The first-order chi connectivity index (χ1) is 6.50. The Hall–Kier alpha value is -0.830. The van der Waals surface area contributed by atoms with Crippen LogP contribution in [-0.4, -0.2) is 16.3 Å². The largest absolute Gasteiger partial charge is 0.311 e. The molecule has 14 heavy (non-hydrogen) atoms. The number of hydrogen-bond acceptors (Lipinski definition) is 2. The van der Waals surface area contributed by atoms with Gasteiger partial charge in [-0.2, -0.15) is 5.10 Å². The van der Waals surface area contributed by atoms with E-state index in [4.69, 9.17) is 0 Å². The molecule has 0 bridgehead atoms. The summed E-state index contributed by atoms with van der Waals surface area (Å²) in [6.45, 7) is 10.8. The minimum Gasteiger partial charge on any atom is -0.311 e. The summed E-state index contributed by atoms with van der Waals surface area (Å²) in [6.07, 6.45) is 1.12. The van der Waals surface area contributed by atoms with Crippen LogP contribution in [0, 0.1) is 6.92 Å². The highest BCUT2D eigenvalue weighted by atomic mass is 15.3. The van der Waals surface area contributed by atoms with Crippen molar-refractivity contribution in [1.82, 2.24) is 15.1 Å². The number of aromatic nitrogens is 2. The summed E-state index contributed by atoms with van der Waals surface area (Å²) in [4.78, 5) is 0. The van der Waals surface area contributed by atoms with Crippen molar-refractivity contribution in [2.24, 2.45) is 0 Å². The molecule has 0 atom stereocenters. The maximum Gasteiger partial charge on any atom is 0.0629 e. The van der Waals surface area contributed by atoms with Gasteiger partial charge in [0.05, 0.1) is 16.9 Å². The molecule has 2 rings (SSSR count). The fraction of sp³-hybridized carbons (Fsp3) is 0.727. The molecule has 0 saturated heterocycles. The van der Waals surface area contributed by atoms with Crippen molar-refractivity contribution in [3.8, 4) is 0 Å². The zero-order valence-electron chi connectivity index (χ0n) is 9.52. The van der Waals surface area contributed by atoms with Crippen LogP contribution >= 0.6 is 0 Å². The van der Waals surface area contributed by atoms with Gasteiger partial charge in [0.2, 0.25) is 0 Å². The van der Waals surface area contributed by atoms with Crippen molar-refractivity contribution in [2.75, 3.05) is 6.54 Å². The molecule has 1 aromatic rings. The zero-order valence-corrected chi connectivity index (χ0v) is 9.52. The smallest absolute Gasteiger partial charge is 0.0629 e. The highest BCUT2D eigenvalue weighted by Crippen LogP contribution is 2.23. The van der Waals surface area contributed by atoms with Gasteiger partial charge in [-0.25, -0.2) is 0 Å². The Kier molecular flexibility index (Phi) is 2.14. The van der Waals surface area contributed by atoms with E-state index in [1.807, 2.05) is 0 Å². The number of hydrogen-bond donors (Lipinski definition) is 1. The van der Waals surface area contributed by atoms with Gasteiger partial charge in [-0.15, -0.1) is 0 Å². The normalized spacial score (nSPS) is 16.9. The van der Waals surface area contributed by atoms with Crippen LogP contribution in [0.4, 0.5) is 0 Å². The molecule has 0 aromatic carbocycles. The molecule has 0 saturated carbocycles. The van der Waals surface area contributed by atoms with E-state index in [9.17, 15) is 0 Å². The highest BCUT2D eigenvalue weighted by molar-refractivity contribution is 5.28. The van der Waals surface area contributed by atoms with Crippen LogP contribution in [-0.2, 0) is 18.5 Å². The lowest BCUT2D eigenvalue weighted by Crippen LogP contribution is -2.31. The van der Waals surface area contributed by atoms with Crippen molar-refractivity contribution in [1.29, 1.82) is 0 Å². The standard InChI is InChI=1S/C11H19N3/c1-8-9-5-6-12-7-10(9)14(13-8)11(2,3)4/h12H,5-7H2,1-4H3. The summed E-state index contributed by atoms with van der Waals surface area (Å²) in [7, 11) is 0. The molecule has 1 aliphatic rings. The maximum absolute atomic E-state index is 4.64. The third-order valence-electron chi connectivity index (χ3n) is 2.77. The minimum absolute atomic E-state index is 0.0946. The first-order valence-electron chi connectivity index (χ1n) is 5.29. The lowest BCUT2D eigenvalue weighted by molar-refractivity contribution is 0.336. The van der Waals surface area contributed by atoms with Gasteiger partial charge in [0.1, 0.15) is 0 Å². The van der Waals surface area contributed by atoms with Crippen molar-refractivity contribution in [2.45, 2.75) is 46.2 Å². The summed E-state index contributed by atoms with van der Waals surface area (Å²) < 4.78 is 2.17. The van der Waals surface area contributed by atoms with Crippen LogP contribution in [0.5, 0.6) is 0 Å². The third-order valence-corrected chi connectivity index (χ3v) is 2.77. The van der Waals surface area contributed by atoms with Gasteiger partial charge < -0.3 is 5.32 Å². The molecule has 2 heterocycles. The van der Waals surface area contributed by atoms with Crippen LogP contribution in [0.2, 0.25) is 0 Å². The van der Waals surface area contributed by atoms with E-state index < -0.39 is 0 Å². The summed E-state index contributed by atoms with van der Waals surface area (Å²) >= 11 is 0. The highest BCUT2D eigenvalue weighted by Gasteiger charge is 2.24. The number of fused-ring (bicyclic) bond motifs is 1. The zero-order chi connectivity index (χ0) is 10.3. The number of rotatable bonds is 0. The fourth-order valence-corrected chi connectivity index (χ4v) is 2.09. The molecule has 0 spiro atoms. The number of aryl methyl sites for hydroxylation is 1. The molecular weight excluding hydrogens is 174 g/mol. The van der Waals surface area contributed by atoms with Gasteiger partial charge in [-0.05, 0) is 46.2 Å². The van der Waals surface area contributed by atoms with Gasteiger partial charge in [0, 0.05) is 6.54 Å². The average Bonchev–Trinajstić information content (AvgIpc) is 2.44. The van der Waals surface area contributed by atoms with Crippen LogP contribution in [0.3, 0.4) is 0 Å². The molecule has 3 nitrogen and oxygen atoms in total. The Morgan fingerprint density at radius 3 is 2.71 bits per heavy atom. The van der Waals surface area contributed by atoms with E-state index in [2.05, 4.69) is 42.8 Å². The van der Waals surface area contributed by atoms with E-state index in [0.717, 1.165) is 19.5 Å². The summed E-state index contributed by atoms with van der Waals surface area (Å²) in [6, 6.07) is 0. The van der Waals surface area contributed by atoms with Gasteiger partial charge >= 0.3 is 0 Å². The lowest BCUT2D eigenvalue weighted by Gasteiger charge is -2.24. The second-order valence-corrected chi connectivity index (χ2v) is 5.02. The van der Waals surface area contributed by atoms with Gasteiger partial charge in [-0.1, -0.05) is 0 Å². The Labute approximate surface area is 85.5 Å². The summed E-state index contributed by atoms with van der Waals surface area (Å²) in [5, 5.41) is 8.05. The van der Waals surface area contributed by atoms with Crippen LogP contribution < -0.4 is 5.32 Å². The molecule has 1 aromatic heterocycles. The van der Waals surface area contributed by atoms with E-state index >= 15 is 0 Å². The first kappa shape index (κ1) is 9.71. The molecule has 1 N–H and O–H groups in total. The molecule has 0 amide bonds. The second kappa shape index (κ2) is 3.09. The topological polar surface area (TPSA) is 29.9 Å². The maximum atomic E-state index is 4.64. The Bertz CT molecular complexity index is 344. The predicted molar refractivity (Wildman–Crippen MR) is 57.4 cm³/mol. The van der Waals surface area contributed by atoms with Gasteiger partial charge in [0.25, 0.3) is 0 Å². The first-order valence-corrected chi connectivity index (χ1v) is 5.29. The molecule has 78 valence electrons. The minimum atomic E-state index is 0.0946. The van der Waals surface area contributed by atoms with Crippen LogP contribution in [0.15, 0.2) is 0 Å². The average molecular weight is 193 g/mol. The quantitative estimate of drug-likeness (QED) is 0.678. The monoisotopic (exact) mass is 193 g/mol. The fourth-order valence-electron chi connectivity index (χ4n) is 2.09. The van der Waals surface area contributed by atoms with Gasteiger partial charge in [-0.3, -0.25) is 4.68 Å². The van der Waals surface area contributed by atoms with Crippen molar-refractivity contribution < 1.29 is 0 Å². The van der Waals surface area contributed by atoms with Crippen molar-refractivity contribution >= 4 is 0 Å². The number of nitrogens with one attached hydrogen (secondary N) is 1. The van der Waals surface area contributed by atoms with E-state index in [1.54, 1.807) is 0 Å². The molecule has 0 radical (unpaired) electrons. The SMILES string of the molecule is Cc1nn(C(C)(C)C)c2c1CCNC2. The summed E-state index contributed by atoms with van der Waals surface area (Å²) in [5.41, 5.74) is 4.13. The molecule has 1 aliphatic heterocycles. The van der Waals surface area contributed by atoms with Crippen molar-refractivity contribution in [3.05, 3.63) is 17.0 Å². The Balaban J connectivity index is 2.52. The van der Waals surface area contributed by atoms with Crippen molar-refractivity contribution in [3.63, 3.8) is 0 Å². The Morgan fingerprint density at radius 2 is 2.07 bits per heavy atom. The molecule has 0 fully saturated rings. The van der Waals surface area contributed by atoms with Crippen LogP contribution in [0.1, 0.15) is 37.7 Å². The van der Waals surface area contributed by atoms with Crippen LogP contribution in [0.25, 0.3) is 0 Å². The second-order valence-electron chi connectivity index (χ2n) is 5.02.